The fourth-order valence-corrected chi connectivity index (χ4v) is 9.09. The van der Waals surface area contributed by atoms with E-state index in [0.29, 0.717) is 0 Å². The van der Waals surface area contributed by atoms with Gasteiger partial charge in [0.2, 0.25) is 0 Å². The molecule has 0 unspecified atom stereocenters. The van der Waals surface area contributed by atoms with Crippen LogP contribution in [0.5, 0.6) is 0 Å². The van der Waals surface area contributed by atoms with E-state index in [1.807, 2.05) is 0 Å². The Labute approximate surface area is 308 Å². The van der Waals surface area contributed by atoms with Crippen molar-refractivity contribution in [3.8, 4) is 16.8 Å². The van der Waals surface area contributed by atoms with Crippen LogP contribution in [0.4, 0.5) is 17.1 Å². The lowest BCUT2D eigenvalue weighted by atomic mass is 9.74. The number of benzene rings is 9. The first-order valence-electron chi connectivity index (χ1n) is 18.5. The van der Waals surface area contributed by atoms with Crippen LogP contribution in [0.3, 0.4) is 0 Å². The number of hydrogen-bond acceptors (Lipinski definition) is 1. The Kier molecular flexibility index (Phi) is 6.33. The summed E-state index contributed by atoms with van der Waals surface area (Å²) in [4.78, 5) is 2.47. The van der Waals surface area contributed by atoms with Crippen LogP contribution in [0, 0.1) is 0 Å². The lowest BCUT2D eigenvalue weighted by molar-refractivity contribution is 0.630. The van der Waals surface area contributed by atoms with E-state index in [1.165, 1.54) is 82.1 Å². The van der Waals surface area contributed by atoms with E-state index in [-0.39, 0.29) is 5.41 Å². The summed E-state index contributed by atoms with van der Waals surface area (Å²) >= 11 is 0. The summed E-state index contributed by atoms with van der Waals surface area (Å²) in [6.07, 6.45) is 0. The van der Waals surface area contributed by atoms with Crippen molar-refractivity contribution in [2.75, 3.05) is 4.90 Å². The van der Waals surface area contributed by atoms with Crippen molar-refractivity contribution in [2.24, 2.45) is 0 Å². The van der Waals surface area contributed by atoms with Gasteiger partial charge in [0, 0.05) is 32.6 Å². The number of hydrogen-bond donors (Lipinski definition) is 0. The monoisotopic (exact) mass is 676 g/mol. The Morgan fingerprint density at radius 3 is 1.77 bits per heavy atom. The van der Waals surface area contributed by atoms with Crippen LogP contribution in [0.2, 0.25) is 0 Å². The number of fused-ring (bicyclic) bond motifs is 8. The molecule has 0 radical (unpaired) electrons. The third-order valence-electron chi connectivity index (χ3n) is 11.7. The maximum absolute atomic E-state index is 2.52. The molecule has 10 aromatic rings. The van der Waals surface area contributed by atoms with Crippen molar-refractivity contribution in [1.82, 2.24) is 4.57 Å². The highest BCUT2D eigenvalue weighted by Gasteiger charge is 2.35. The molecule has 0 atom stereocenters. The molecule has 53 heavy (non-hydrogen) atoms. The van der Waals surface area contributed by atoms with E-state index in [0.717, 1.165) is 17.1 Å². The minimum atomic E-state index is -0.188. The Morgan fingerprint density at radius 1 is 0.415 bits per heavy atom. The van der Waals surface area contributed by atoms with Crippen molar-refractivity contribution < 1.29 is 0 Å². The van der Waals surface area contributed by atoms with Gasteiger partial charge in [-0.25, -0.2) is 0 Å². The van der Waals surface area contributed by atoms with Crippen LogP contribution >= 0.6 is 0 Å². The minimum absolute atomic E-state index is 0.188. The highest BCUT2D eigenvalue weighted by Crippen LogP contribution is 2.50. The van der Waals surface area contributed by atoms with Crippen molar-refractivity contribution in [2.45, 2.75) is 19.3 Å². The molecular weight excluding hydrogens is 641 g/mol. The summed E-state index contributed by atoms with van der Waals surface area (Å²) in [6, 6.07) is 67.3. The third kappa shape index (κ3) is 4.39. The summed E-state index contributed by atoms with van der Waals surface area (Å²) in [6.45, 7) is 4.78. The minimum Gasteiger partial charge on any atom is -0.309 e. The molecule has 2 heteroatoms. The first-order valence-corrected chi connectivity index (χ1v) is 18.5. The van der Waals surface area contributed by atoms with Gasteiger partial charge < -0.3 is 9.47 Å². The molecule has 2 heterocycles. The Hall–Kier alpha value is -6.64. The molecule has 250 valence electrons. The van der Waals surface area contributed by atoms with E-state index >= 15 is 0 Å². The van der Waals surface area contributed by atoms with Crippen LogP contribution in [0.15, 0.2) is 182 Å². The molecule has 2 nitrogen and oxygen atoms in total. The van der Waals surface area contributed by atoms with Gasteiger partial charge in [0.05, 0.1) is 28.1 Å². The zero-order valence-corrected chi connectivity index (χ0v) is 29.7. The van der Waals surface area contributed by atoms with Crippen LogP contribution < -0.4 is 4.90 Å². The zero-order chi connectivity index (χ0) is 35.3. The number of aromatic nitrogens is 1. The normalized spacial score (nSPS) is 13.2. The Bertz CT molecular complexity index is 3020. The van der Waals surface area contributed by atoms with Crippen LogP contribution in [-0.2, 0) is 5.41 Å². The van der Waals surface area contributed by atoms with Gasteiger partial charge in [-0.2, -0.15) is 0 Å². The lowest BCUT2D eigenvalue weighted by Gasteiger charge is -2.35. The highest BCUT2D eigenvalue weighted by molar-refractivity contribution is 6.15. The third-order valence-corrected chi connectivity index (χ3v) is 11.7. The van der Waals surface area contributed by atoms with Crippen LogP contribution in [-0.4, -0.2) is 4.57 Å². The molecule has 0 N–H and O–H groups in total. The maximum atomic E-state index is 2.52. The zero-order valence-electron chi connectivity index (χ0n) is 29.7. The van der Waals surface area contributed by atoms with Crippen LogP contribution in [0.1, 0.15) is 25.0 Å². The number of anilines is 3. The molecule has 0 aliphatic carbocycles. The molecule has 11 rings (SSSR count). The van der Waals surface area contributed by atoms with E-state index in [1.54, 1.807) is 0 Å². The second kappa shape index (κ2) is 11.2. The smallest absolute Gasteiger partial charge is 0.0582 e. The van der Waals surface area contributed by atoms with Gasteiger partial charge in [0.25, 0.3) is 0 Å². The highest BCUT2D eigenvalue weighted by atomic mass is 15.1. The van der Waals surface area contributed by atoms with Crippen molar-refractivity contribution in [3.63, 3.8) is 0 Å². The van der Waals surface area contributed by atoms with E-state index in [2.05, 4.69) is 205 Å². The average molecular weight is 677 g/mol. The topological polar surface area (TPSA) is 8.17 Å². The first kappa shape index (κ1) is 30.0. The van der Waals surface area contributed by atoms with Gasteiger partial charge in [-0.05, 0) is 98.4 Å². The molecule has 1 aliphatic rings. The van der Waals surface area contributed by atoms with Crippen LogP contribution in [0.25, 0.3) is 70.9 Å². The summed E-state index contributed by atoms with van der Waals surface area (Å²) in [7, 11) is 0. The molecular formula is C51H36N2. The number of rotatable bonds is 4. The second-order valence-electron chi connectivity index (χ2n) is 15.0. The predicted octanol–water partition coefficient (Wildman–Crippen LogP) is 14.0. The largest absolute Gasteiger partial charge is 0.309 e. The average Bonchev–Trinajstić information content (AvgIpc) is 3.54. The standard InChI is InChI=1S/C51H36N2/c1-51(2)44-21-9-10-22-49(44)53-48-28-27-39(32-42(48)43-30-38(31-45(51)50(43)53)37-26-25-33-13-3-4-16-36(33)29-37)52(46-23-11-17-34-14-5-7-19-40(34)46)47-24-12-18-35-15-6-8-20-41(35)47/h3-32H,1-2H3. The van der Waals surface area contributed by atoms with Gasteiger partial charge in [-0.1, -0.05) is 141 Å². The fourth-order valence-electron chi connectivity index (χ4n) is 9.09. The molecule has 0 amide bonds. The molecule has 0 spiro atoms. The van der Waals surface area contributed by atoms with Gasteiger partial charge >= 0.3 is 0 Å². The SMILES string of the molecule is CC1(C)c2ccccc2-n2c3ccc(N(c4cccc5ccccc45)c4cccc5ccccc45)cc3c3cc(-c4ccc5ccccc5c4)cc1c32. The molecule has 1 aliphatic heterocycles. The van der Waals surface area contributed by atoms with E-state index in [9.17, 15) is 0 Å². The molecule has 0 bridgehead atoms. The maximum Gasteiger partial charge on any atom is 0.0582 e. The summed E-state index contributed by atoms with van der Waals surface area (Å²) in [5.41, 5.74) is 12.2. The van der Waals surface area contributed by atoms with E-state index in [4.69, 9.17) is 0 Å². The van der Waals surface area contributed by atoms with Crippen molar-refractivity contribution in [3.05, 3.63) is 193 Å². The lowest BCUT2D eigenvalue weighted by Crippen LogP contribution is -2.26. The molecule has 0 saturated carbocycles. The molecule has 9 aromatic carbocycles. The first-order chi connectivity index (χ1) is 26.0. The van der Waals surface area contributed by atoms with Gasteiger partial charge in [0.1, 0.15) is 0 Å². The number of para-hydroxylation sites is 1. The Morgan fingerprint density at radius 2 is 1.04 bits per heavy atom. The van der Waals surface area contributed by atoms with Gasteiger partial charge in [-0.3, -0.25) is 0 Å². The quantitative estimate of drug-likeness (QED) is 0.180. The predicted molar refractivity (Wildman–Crippen MR) is 226 cm³/mol. The molecule has 0 saturated heterocycles. The summed E-state index contributed by atoms with van der Waals surface area (Å²) in [5, 5.41) is 9.94. The van der Waals surface area contributed by atoms with Gasteiger partial charge in [-0.15, -0.1) is 0 Å². The van der Waals surface area contributed by atoms with Crippen molar-refractivity contribution >= 4 is 71.2 Å². The Balaban J connectivity index is 1.24. The van der Waals surface area contributed by atoms with Gasteiger partial charge in [0.15, 0.2) is 0 Å². The van der Waals surface area contributed by atoms with E-state index < -0.39 is 0 Å². The molecule has 1 aromatic heterocycles. The summed E-state index contributed by atoms with van der Waals surface area (Å²) < 4.78 is 2.52. The fraction of sp³-hybridized carbons (Fsp3) is 0.0588. The number of nitrogens with zero attached hydrogens (tertiary/aromatic N) is 2. The summed E-state index contributed by atoms with van der Waals surface area (Å²) in [5.74, 6) is 0. The van der Waals surface area contributed by atoms with Crippen molar-refractivity contribution in [1.29, 1.82) is 0 Å². The molecule has 0 fully saturated rings. The second-order valence-corrected chi connectivity index (χ2v) is 15.0.